The molecule has 0 saturated heterocycles. The maximum absolute atomic E-state index is 13.5. The Labute approximate surface area is 193 Å². The fourth-order valence-electron chi connectivity index (χ4n) is 4.03. The summed E-state index contributed by atoms with van der Waals surface area (Å²) in [7, 11) is 1.83. The van der Waals surface area contributed by atoms with Crippen LogP contribution in [0.15, 0.2) is 85.3 Å². The highest BCUT2D eigenvalue weighted by atomic mass is 16.6. The number of imidazole rings is 1. The normalized spacial score (nSPS) is 12.4. The first-order chi connectivity index (χ1) is 16.2. The minimum absolute atomic E-state index is 0.0741. The van der Waals surface area contributed by atoms with Gasteiger partial charge in [0.2, 0.25) is 0 Å². The maximum Gasteiger partial charge on any atom is 0.272 e. The van der Waals surface area contributed by atoms with Crippen molar-refractivity contribution in [3.63, 3.8) is 0 Å². The van der Waals surface area contributed by atoms with Crippen LogP contribution >= 0.6 is 0 Å². The van der Waals surface area contributed by atoms with E-state index in [4.69, 9.17) is 9.47 Å². The molecular weight excluding hydrogens is 414 g/mol. The number of fused-ring (bicyclic) bond motifs is 1. The van der Waals surface area contributed by atoms with Gasteiger partial charge in [0.15, 0.2) is 11.5 Å². The fourth-order valence-corrected chi connectivity index (χ4v) is 4.03. The Kier molecular flexibility index (Phi) is 5.81. The van der Waals surface area contributed by atoms with E-state index in [0.717, 1.165) is 33.8 Å². The number of nitrogens with zero attached hydrogens (tertiary/aromatic N) is 3. The Balaban J connectivity index is 1.44. The minimum atomic E-state index is -0.0741. The summed E-state index contributed by atoms with van der Waals surface area (Å²) in [4.78, 5) is 19.5. The number of amides is 1. The first kappa shape index (κ1) is 20.8. The molecule has 3 aromatic carbocycles. The fraction of sp³-hybridized carbons (Fsp3) is 0.185. The summed E-state index contributed by atoms with van der Waals surface area (Å²) in [6.07, 6.45) is 3.26. The molecule has 0 spiro atoms. The summed E-state index contributed by atoms with van der Waals surface area (Å²) in [5.74, 6) is 1.39. The quantitative estimate of drug-likeness (QED) is 0.437. The molecule has 1 aliphatic heterocycles. The molecule has 6 heteroatoms. The third-order valence-corrected chi connectivity index (χ3v) is 5.71. The van der Waals surface area contributed by atoms with Gasteiger partial charge in [-0.2, -0.15) is 0 Å². The van der Waals surface area contributed by atoms with E-state index >= 15 is 0 Å². The minimum Gasteiger partial charge on any atom is -0.486 e. The highest BCUT2D eigenvalue weighted by Gasteiger charge is 2.21. The topological polar surface area (TPSA) is 56.6 Å². The number of aromatic nitrogens is 2. The monoisotopic (exact) mass is 439 g/mol. The number of ether oxygens (including phenoxy) is 2. The van der Waals surface area contributed by atoms with Gasteiger partial charge in [-0.1, -0.05) is 54.6 Å². The zero-order valence-corrected chi connectivity index (χ0v) is 18.5. The van der Waals surface area contributed by atoms with Crippen molar-refractivity contribution in [2.75, 3.05) is 13.2 Å². The van der Waals surface area contributed by atoms with Crippen LogP contribution in [-0.2, 0) is 20.1 Å². The van der Waals surface area contributed by atoms with E-state index in [-0.39, 0.29) is 5.91 Å². The van der Waals surface area contributed by atoms with Gasteiger partial charge in [-0.05, 0) is 40.5 Å². The largest absolute Gasteiger partial charge is 0.486 e. The van der Waals surface area contributed by atoms with E-state index in [1.165, 1.54) is 0 Å². The predicted molar refractivity (Wildman–Crippen MR) is 126 cm³/mol. The Morgan fingerprint density at radius 2 is 1.61 bits per heavy atom. The van der Waals surface area contributed by atoms with Gasteiger partial charge in [-0.3, -0.25) is 4.79 Å². The van der Waals surface area contributed by atoms with Crippen LogP contribution in [0, 0.1) is 0 Å². The molecule has 0 aliphatic carbocycles. The molecule has 0 bridgehead atoms. The second kappa shape index (κ2) is 9.20. The van der Waals surface area contributed by atoms with Crippen LogP contribution in [0.5, 0.6) is 11.5 Å². The standard InChI is InChI=1S/C27H25N3O3/c1-29-19-28-16-24(29)27(31)30(18-21-10-11-25-26(15-21)33-13-12-32-25)17-20-6-5-9-23(14-20)22-7-3-2-4-8-22/h2-11,14-16,19H,12-13,17-18H2,1H3. The first-order valence-electron chi connectivity index (χ1n) is 11.0. The Bertz CT molecular complexity index is 1270. The summed E-state index contributed by atoms with van der Waals surface area (Å²) < 4.78 is 13.1. The van der Waals surface area contributed by atoms with Crippen molar-refractivity contribution in [3.8, 4) is 22.6 Å². The van der Waals surface area contributed by atoms with Crippen molar-refractivity contribution >= 4 is 5.91 Å². The summed E-state index contributed by atoms with van der Waals surface area (Å²) >= 11 is 0. The highest BCUT2D eigenvalue weighted by Crippen LogP contribution is 2.31. The van der Waals surface area contributed by atoms with Crippen molar-refractivity contribution in [1.29, 1.82) is 0 Å². The lowest BCUT2D eigenvalue weighted by atomic mass is 10.0. The maximum atomic E-state index is 13.5. The molecule has 0 atom stereocenters. The van der Waals surface area contributed by atoms with E-state index in [1.54, 1.807) is 17.1 Å². The molecule has 1 aromatic heterocycles. The number of rotatable bonds is 6. The first-order valence-corrected chi connectivity index (χ1v) is 11.0. The van der Waals surface area contributed by atoms with Gasteiger partial charge < -0.3 is 18.9 Å². The molecule has 4 aromatic rings. The van der Waals surface area contributed by atoms with Gasteiger partial charge in [-0.15, -0.1) is 0 Å². The molecule has 0 fully saturated rings. The average Bonchev–Trinajstić information content (AvgIpc) is 3.29. The zero-order valence-electron chi connectivity index (χ0n) is 18.5. The molecule has 0 unspecified atom stereocenters. The van der Waals surface area contributed by atoms with Crippen LogP contribution in [0.3, 0.4) is 0 Å². The summed E-state index contributed by atoms with van der Waals surface area (Å²) in [6, 6.07) is 24.4. The zero-order chi connectivity index (χ0) is 22.6. The average molecular weight is 440 g/mol. The van der Waals surface area contributed by atoms with Crippen LogP contribution in [0.1, 0.15) is 21.6 Å². The SMILES string of the molecule is Cn1cncc1C(=O)N(Cc1cccc(-c2ccccc2)c1)Cc1ccc2c(c1)OCCO2. The van der Waals surface area contributed by atoms with Crippen molar-refractivity contribution in [1.82, 2.24) is 14.5 Å². The Morgan fingerprint density at radius 3 is 2.36 bits per heavy atom. The van der Waals surface area contributed by atoms with Crippen LogP contribution < -0.4 is 9.47 Å². The summed E-state index contributed by atoms with van der Waals surface area (Å²) in [5.41, 5.74) is 4.86. The van der Waals surface area contributed by atoms with E-state index in [1.807, 2.05) is 54.4 Å². The third-order valence-electron chi connectivity index (χ3n) is 5.71. The summed E-state index contributed by atoms with van der Waals surface area (Å²) in [5, 5.41) is 0. The van der Waals surface area contributed by atoms with Gasteiger partial charge in [0.05, 0.1) is 12.5 Å². The second-order valence-electron chi connectivity index (χ2n) is 8.10. The summed E-state index contributed by atoms with van der Waals surface area (Å²) in [6.45, 7) is 1.99. The molecule has 0 N–H and O–H groups in total. The molecule has 0 saturated carbocycles. The molecule has 1 aliphatic rings. The van der Waals surface area contributed by atoms with Crippen LogP contribution in [-0.4, -0.2) is 33.6 Å². The van der Waals surface area contributed by atoms with Crippen molar-refractivity contribution < 1.29 is 14.3 Å². The van der Waals surface area contributed by atoms with Gasteiger partial charge in [0.25, 0.3) is 5.91 Å². The van der Waals surface area contributed by atoms with E-state index in [0.29, 0.717) is 32.0 Å². The van der Waals surface area contributed by atoms with Gasteiger partial charge in [0.1, 0.15) is 18.9 Å². The molecule has 166 valence electrons. The van der Waals surface area contributed by atoms with Gasteiger partial charge in [-0.25, -0.2) is 4.98 Å². The van der Waals surface area contributed by atoms with Gasteiger partial charge >= 0.3 is 0 Å². The molecule has 2 heterocycles. The number of carbonyl (C=O) groups is 1. The number of hydrogen-bond donors (Lipinski definition) is 0. The molecule has 0 radical (unpaired) electrons. The van der Waals surface area contributed by atoms with Crippen LogP contribution in [0.4, 0.5) is 0 Å². The van der Waals surface area contributed by atoms with E-state index in [2.05, 4.69) is 35.3 Å². The highest BCUT2D eigenvalue weighted by molar-refractivity contribution is 5.92. The lowest BCUT2D eigenvalue weighted by molar-refractivity contribution is 0.0720. The Hall–Kier alpha value is -4.06. The molecule has 6 nitrogen and oxygen atoms in total. The smallest absolute Gasteiger partial charge is 0.272 e. The van der Waals surface area contributed by atoms with Crippen molar-refractivity contribution in [2.24, 2.45) is 7.05 Å². The molecule has 33 heavy (non-hydrogen) atoms. The second-order valence-corrected chi connectivity index (χ2v) is 8.10. The van der Waals surface area contributed by atoms with Crippen LogP contribution in [0.2, 0.25) is 0 Å². The number of carbonyl (C=O) groups excluding carboxylic acids is 1. The van der Waals surface area contributed by atoms with Crippen molar-refractivity contribution in [2.45, 2.75) is 13.1 Å². The number of aryl methyl sites for hydroxylation is 1. The lowest BCUT2D eigenvalue weighted by Crippen LogP contribution is -2.31. The van der Waals surface area contributed by atoms with E-state index < -0.39 is 0 Å². The van der Waals surface area contributed by atoms with Crippen molar-refractivity contribution in [3.05, 3.63) is 102 Å². The molecule has 1 amide bonds. The molecular formula is C27H25N3O3. The predicted octanol–water partition coefficient (Wildman–Crippen LogP) is 4.70. The number of hydrogen-bond acceptors (Lipinski definition) is 4. The lowest BCUT2D eigenvalue weighted by Gasteiger charge is -2.25. The van der Waals surface area contributed by atoms with Gasteiger partial charge in [0, 0.05) is 20.1 Å². The number of benzene rings is 3. The Morgan fingerprint density at radius 1 is 0.879 bits per heavy atom. The van der Waals surface area contributed by atoms with E-state index in [9.17, 15) is 4.79 Å². The van der Waals surface area contributed by atoms with Crippen LogP contribution in [0.25, 0.3) is 11.1 Å². The third kappa shape index (κ3) is 4.60. The molecule has 5 rings (SSSR count).